The average Bonchev–Trinajstić information content (AvgIpc) is 2.40. The molecular weight excluding hydrogens is 295 g/mol. The van der Waals surface area contributed by atoms with Gasteiger partial charge >= 0.3 is 12.1 Å². The van der Waals surface area contributed by atoms with Crippen molar-refractivity contribution in [1.82, 2.24) is 0 Å². The van der Waals surface area contributed by atoms with Crippen molar-refractivity contribution in [2.75, 3.05) is 0 Å². The van der Waals surface area contributed by atoms with Gasteiger partial charge < -0.3 is 5.11 Å². The number of aromatic carboxylic acids is 1. The summed E-state index contributed by atoms with van der Waals surface area (Å²) in [5.41, 5.74) is -3.28. The van der Waals surface area contributed by atoms with Crippen LogP contribution in [-0.4, -0.2) is 11.1 Å². The van der Waals surface area contributed by atoms with Crippen molar-refractivity contribution in [2.45, 2.75) is 6.18 Å². The van der Waals surface area contributed by atoms with Gasteiger partial charge in [0, 0.05) is 5.56 Å². The van der Waals surface area contributed by atoms with Crippen molar-refractivity contribution in [3.05, 3.63) is 59.2 Å². The molecule has 0 fully saturated rings. The summed E-state index contributed by atoms with van der Waals surface area (Å²) < 4.78 is 66.1. The maximum Gasteiger partial charge on any atom is 0.417 e. The predicted octanol–water partition coefficient (Wildman–Crippen LogP) is 4.35. The fraction of sp³-hybridized carbons (Fsp3) is 0.0714. The van der Waals surface area contributed by atoms with Crippen LogP contribution in [0, 0.1) is 11.6 Å². The Morgan fingerprint density at radius 1 is 0.905 bits per heavy atom. The van der Waals surface area contributed by atoms with Crippen LogP contribution in [0.1, 0.15) is 15.9 Å². The Labute approximate surface area is 115 Å². The highest BCUT2D eigenvalue weighted by Crippen LogP contribution is 2.38. The van der Waals surface area contributed by atoms with Crippen LogP contribution in [0.3, 0.4) is 0 Å². The number of hydrogen-bond acceptors (Lipinski definition) is 1. The van der Waals surface area contributed by atoms with Crippen LogP contribution in [-0.2, 0) is 6.18 Å². The zero-order valence-electron chi connectivity index (χ0n) is 10.2. The summed E-state index contributed by atoms with van der Waals surface area (Å²) in [4.78, 5) is 10.7. The van der Waals surface area contributed by atoms with Crippen LogP contribution in [0.2, 0.25) is 0 Å². The summed E-state index contributed by atoms with van der Waals surface area (Å²) in [7, 11) is 0. The topological polar surface area (TPSA) is 37.3 Å². The van der Waals surface area contributed by atoms with Crippen LogP contribution < -0.4 is 0 Å². The highest BCUT2D eigenvalue weighted by molar-refractivity contribution is 5.89. The zero-order valence-corrected chi connectivity index (χ0v) is 10.2. The molecule has 0 aromatic heterocycles. The highest BCUT2D eigenvalue weighted by Gasteiger charge is 2.34. The van der Waals surface area contributed by atoms with Crippen LogP contribution >= 0.6 is 0 Å². The molecule has 7 heteroatoms. The molecule has 0 aliphatic carbocycles. The van der Waals surface area contributed by atoms with Gasteiger partial charge in [0.2, 0.25) is 0 Å². The third-order valence-electron chi connectivity index (χ3n) is 2.84. The molecule has 0 saturated heterocycles. The van der Waals surface area contributed by atoms with Gasteiger partial charge in [-0.25, -0.2) is 13.6 Å². The average molecular weight is 302 g/mol. The molecule has 0 amide bonds. The number of carboxylic acid groups (broad SMARTS) is 1. The molecule has 0 unspecified atom stereocenters. The Kier molecular flexibility index (Phi) is 3.67. The number of halogens is 5. The minimum atomic E-state index is -4.75. The van der Waals surface area contributed by atoms with Crippen LogP contribution in [0.4, 0.5) is 22.0 Å². The van der Waals surface area contributed by atoms with E-state index in [1.165, 1.54) is 6.07 Å². The van der Waals surface area contributed by atoms with Gasteiger partial charge in [0.1, 0.15) is 0 Å². The molecule has 110 valence electrons. The molecule has 0 bridgehead atoms. The molecule has 0 spiro atoms. The van der Waals surface area contributed by atoms with Gasteiger partial charge in [-0.3, -0.25) is 0 Å². The SMILES string of the molecule is O=C(O)c1ccc(-c2ccccc2C(F)(F)F)c(F)c1F. The predicted molar refractivity (Wildman–Crippen MR) is 63.8 cm³/mol. The zero-order chi connectivity index (χ0) is 15.8. The third-order valence-corrected chi connectivity index (χ3v) is 2.84. The van der Waals surface area contributed by atoms with Gasteiger partial charge in [-0.1, -0.05) is 24.3 Å². The lowest BCUT2D eigenvalue weighted by Gasteiger charge is -2.14. The minimum Gasteiger partial charge on any atom is -0.478 e. The molecule has 2 nitrogen and oxygen atoms in total. The molecule has 0 aliphatic rings. The summed E-state index contributed by atoms with van der Waals surface area (Å²) >= 11 is 0. The van der Waals surface area contributed by atoms with Gasteiger partial charge in [-0.15, -0.1) is 0 Å². The van der Waals surface area contributed by atoms with E-state index < -0.39 is 46.0 Å². The Balaban J connectivity index is 2.70. The number of alkyl halides is 3. The first-order chi connectivity index (χ1) is 9.73. The number of hydrogen-bond donors (Lipinski definition) is 1. The van der Waals surface area contributed by atoms with Crippen molar-refractivity contribution < 1.29 is 31.9 Å². The van der Waals surface area contributed by atoms with Crippen LogP contribution in [0.5, 0.6) is 0 Å². The van der Waals surface area contributed by atoms with Gasteiger partial charge in [0.05, 0.1) is 11.1 Å². The summed E-state index contributed by atoms with van der Waals surface area (Å²) in [6, 6.07) is 5.62. The molecule has 2 rings (SSSR count). The maximum atomic E-state index is 13.9. The second-order valence-electron chi connectivity index (χ2n) is 4.14. The first-order valence-electron chi connectivity index (χ1n) is 5.61. The lowest BCUT2D eigenvalue weighted by Crippen LogP contribution is -2.09. The molecule has 0 aliphatic heterocycles. The van der Waals surface area contributed by atoms with E-state index in [0.29, 0.717) is 0 Å². The molecule has 0 saturated carbocycles. The quantitative estimate of drug-likeness (QED) is 0.837. The van der Waals surface area contributed by atoms with Gasteiger partial charge in [0.15, 0.2) is 11.6 Å². The van der Waals surface area contributed by atoms with E-state index in [1.807, 2.05) is 0 Å². The summed E-state index contributed by atoms with van der Waals surface area (Å²) in [6.07, 6.45) is -4.75. The molecule has 2 aromatic carbocycles. The van der Waals surface area contributed by atoms with E-state index in [4.69, 9.17) is 5.11 Å². The molecule has 1 N–H and O–H groups in total. The van der Waals surface area contributed by atoms with Gasteiger partial charge in [-0.05, 0) is 17.7 Å². The Morgan fingerprint density at radius 3 is 2.10 bits per heavy atom. The largest absolute Gasteiger partial charge is 0.478 e. The number of benzene rings is 2. The fourth-order valence-corrected chi connectivity index (χ4v) is 1.89. The fourth-order valence-electron chi connectivity index (χ4n) is 1.89. The minimum absolute atomic E-state index is 0.557. The number of carbonyl (C=O) groups is 1. The Hall–Kier alpha value is -2.44. The molecule has 21 heavy (non-hydrogen) atoms. The summed E-state index contributed by atoms with van der Waals surface area (Å²) in [5, 5.41) is 8.65. The van der Waals surface area contributed by atoms with E-state index in [-0.39, 0.29) is 0 Å². The second kappa shape index (κ2) is 5.16. The monoisotopic (exact) mass is 302 g/mol. The molecule has 2 aromatic rings. The molecular formula is C14H7F5O2. The standard InChI is InChI=1S/C14H7F5O2/c15-11-8(5-6-9(12(11)16)13(20)21)7-3-1-2-4-10(7)14(17,18)19/h1-6H,(H,20,21). The summed E-state index contributed by atoms with van der Waals surface area (Å²) in [6.45, 7) is 0. The van der Waals surface area contributed by atoms with E-state index >= 15 is 0 Å². The first-order valence-corrected chi connectivity index (χ1v) is 5.61. The number of carboxylic acids is 1. The Morgan fingerprint density at radius 2 is 1.52 bits per heavy atom. The van der Waals surface area contributed by atoms with Gasteiger partial charge in [-0.2, -0.15) is 13.2 Å². The van der Waals surface area contributed by atoms with E-state index in [2.05, 4.69) is 0 Å². The van der Waals surface area contributed by atoms with E-state index in [0.717, 1.165) is 30.3 Å². The highest BCUT2D eigenvalue weighted by atomic mass is 19.4. The lowest BCUT2D eigenvalue weighted by molar-refractivity contribution is -0.137. The molecule has 0 heterocycles. The van der Waals surface area contributed by atoms with Crippen molar-refractivity contribution in [3.63, 3.8) is 0 Å². The van der Waals surface area contributed by atoms with Crippen molar-refractivity contribution >= 4 is 5.97 Å². The normalized spacial score (nSPS) is 11.5. The lowest BCUT2D eigenvalue weighted by atomic mass is 9.97. The number of rotatable bonds is 2. The second-order valence-corrected chi connectivity index (χ2v) is 4.14. The van der Waals surface area contributed by atoms with Crippen molar-refractivity contribution in [3.8, 4) is 11.1 Å². The summed E-state index contributed by atoms with van der Waals surface area (Å²) in [5.74, 6) is -5.04. The first kappa shape index (κ1) is 15.0. The molecule has 0 atom stereocenters. The van der Waals surface area contributed by atoms with Crippen molar-refractivity contribution in [2.24, 2.45) is 0 Å². The molecule has 0 radical (unpaired) electrons. The van der Waals surface area contributed by atoms with Gasteiger partial charge in [0.25, 0.3) is 0 Å². The van der Waals surface area contributed by atoms with E-state index in [9.17, 15) is 26.7 Å². The Bertz CT molecular complexity index is 707. The van der Waals surface area contributed by atoms with Crippen molar-refractivity contribution in [1.29, 1.82) is 0 Å². The third kappa shape index (κ3) is 2.72. The van der Waals surface area contributed by atoms with Crippen LogP contribution in [0.15, 0.2) is 36.4 Å². The maximum absolute atomic E-state index is 13.9. The smallest absolute Gasteiger partial charge is 0.417 e. The van der Waals surface area contributed by atoms with Crippen LogP contribution in [0.25, 0.3) is 11.1 Å². The van der Waals surface area contributed by atoms with E-state index in [1.54, 1.807) is 0 Å².